The van der Waals surface area contributed by atoms with Gasteiger partial charge >= 0.3 is 0 Å². The summed E-state index contributed by atoms with van der Waals surface area (Å²) in [5.41, 5.74) is 3.38. The van der Waals surface area contributed by atoms with Crippen molar-refractivity contribution in [2.75, 3.05) is 6.61 Å². The summed E-state index contributed by atoms with van der Waals surface area (Å²) in [6.07, 6.45) is 2.79. The number of ether oxygens (including phenoxy) is 1. The Balaban J connectivity index is 2.11. The molecule has 1 aliphatic carbocycles. The minimum Gasteiger partial charge on any atom is -0.377 e. The molecular formula is C14H18O. The molecule has 80 valence electrons. The van der Waals surface area contributed by atoms with Crippen LogP contribution in [0, 0.1) is 5.41 Å². The molecule has 1 fully saturated rings. The van der Waals surface area contributed by atoms with Crippen molar-refractivity contribution >= 4 is 0 Å². The summed E-state index contributed by atoms with van der Waals surface area (Å²) >= 11 is 0. The first-order valence-corrected chi connectivity index (χ1v) is 5.88. The topological polar surface area (TPSA) is 9.23 Å². The number of hydrogen-bond donors (Lipinski definition) is 0. The third-order valence-electron chi connectivity index (χ3n) is 3.96. The van der Waals surface area contributed by atoms with Crippen molar-refractivity contribution in [3.63, 3.8) is 0 Å². The summed E-state index contributed by atoms with van der Waals surface area (Å²) in [5.74, 6) is 0.643. The first kappa shape index (κ1) is 9.41. The molecule has 2 atom stereocenters. The molecule has 1 aromatic carbocycles. The van der Waals surface area contributed by atoms with Crippen LogP contribution >= 0.6 is 0 Å². The Bertz CT molecular complexity index is 381. The summed E-state index contributed by atoms with van der Waals surface area (Å²) in [7, 11) is 0. The molecule has 1 aliphatic heterocycles. The molecule has 0 aromatic heterocycles. The molecule has 1 saturated heterocycles. The standard InChI is InChI=1S/C14H18O/c1-14(2)9-10-5-3-4-6-11(10)12-7-8-15-13(12)14/h3-6,12-13H,7-9H2,1-2H3/t12-,13-/m1/s1. The molecular weight excluding hydrogens is 184 g/mol. The highest BCUT2D eigenvalue weighted by Gasteiger charge is 2.45. The quantitative estimate of drug-likeness (QED) is 0.628. The zero-order valence-electron chi connectivity index (χ0n) is 9.49. The SMILES string of the molecule is CC1(C)Cc2ccccc2[C@H]2CCO[C@H]21. The molecule has 0 spiro atoms. The van der Waals surface area contributed by atoms with E-state index < -0.39 is 0 Å². The Morgan fingerprint density at radius 1 is 1.27 bits per heavy atom. The van der Waals surface area contributed by atoms with Crippen molar-refractivity contribution in [2.45, 2.75) is 38.7 Å². The maximum Gasteiger partial charge on any atom is 0.0698 e. The number of benzene rings is 1. The second-order valence-electron chi connectivity index (χ2n) is 5.55. The minimum absolute atomic E-state index is 0.301. The van der Waals surface area contributed by atoms with Gasteiger partial charge in [0.05, 0.1) is 6.10 Å². The van der Waals surface area contributed by atoms with Crippen LogP contribution in [-0.4, -0.2) is 12.7 Å². The van der Waals surface area contributed by atoms with Crippen LogP contribution in [0.5, 0.6) is 0 Å². The Hall–Kier alpha value is -0.820. The number of fused-ring (bicyclic) bond motifs is 3. The lowest BCUT2D eigenvalue weighted by Crippen LogP contribution is -2.39. The van der Waals surface area contributed by atoms with Crippen molar-refractivity contribution in [3.8, 4) is 0 Å². The molecule has 0 bridgehead atoms. The van der Waals surface area contributed by atoms with Crippen molar-refractivity contribution in [1.29, 1.82) is 0 Å². The van der Waals surface area contributed by atoms with E-state index in [2.05, 4.69) is 38.1 Å². The summed E-state index contributed by atoms with van der Waals surface area (Å²) < 4.78 is 5.93. The molecule has 0 unspecified atom stereocenters. The van der Waals surface area contributed by atoms with Gasteiger partial charge in [0.15, 0.2) is 0 Å². The predicted molar refractivity (Wildman–Crippen MR) is 61.0 cm³/mol. The third-order valence-corrected chi connectivity index (χ3v) is 3.96. The van der Waals surface area contributed by atoms with Crippen LogP contribution in [0.2, 0.25) is 0 Å². The molecule has 0 saturated carbocycles. The van der Waals surface area contributed by atoms with E-state index in [9.17, 15) is 0 Å². The van der Waals surface area contributed by atoms with Crippen LogP contribution in [0.15, 0.2) is 24.3 Å². The maximum absolute atomic E-state index is 5.93. The van der Waals surface area contributed by atoms with E-state index in [0.717, 1.165) is 13.0 Å². The van der Waals surface area contributed by atoms with Gasteiger partial charge in [-0.2, -0.15) is 0 Å². The molecule has 3 rings (SSSR count). The lowest BCUT2D eigenvalue weighted by molar-refractivity contribution is 0.00497. The van der Waals surface area contributed by atoms with Crippen molar-refractivity contribution in [1.82, 2.24) is 0 Å². The van der Waals surface area contributed by atoms with Crippen LogP contribution in [-0.2, 0) is 11.2 Å². The van der Waals surface area contributed by atoms with Gasteiger partial charge < -0.3 is 4.74 Å². The summed E-state index contributed by atoms with van der Waals surface area (Å²) in [6.45, 7) is 5.62. The normalized spacial score (nSPS) is 32.1. The lowest BCUT2D eigenvalue weighted by Gasteiger charge is -2.40. The van der Waals surface area contributed by atoms with Crippen LogP contribution in [0.25, 0.3) is 0 Å². The highest BCUT2D eigenvalue weighted by Crippen LogP contribution is 2.48. The second kappa shape index (κ2) is 3.08. The highest BCUT2D eigenvalue weighted by molar-refractivity contribution is 5.36. The fourth-order valence-electron chi connectivity index (χ4n) is 3.33. The highest BCUT2D eigenvalue weighted by atomic mass is 16.5. The Labute approximate surface area is 91.5 Å². The Morgan fingerprint density at radius 2 is 2.07 bits per heavy atom. The monoisotopic (exact) mass is 202 g/mol. The van der Waals surface area contributed by atoms with Gasteiger partial charge in [-0.25, -0.2) is 0 Å². The van der Waals surface area contributed by atoms with Crippen LogP contribution in [0.3, 0.4) is 0 Å². The molecule has 0 amide bonds. The molecule has 0 radical (unpaired) electrons. The van der Waals surface area contributed by atoms with Crippen LogP contribution < -0.4 is 0 Å². The van der Waals surface area contributed by atoms with Gasteiger partial charge in [-0.1, -0.05) is 38.1 Å². The Morgan fingerprint density at radius 3 is 2.93 bits per heavy atom. The van der Waals surface area contributed by atoms with Crippen molar-refractivity contribution in [2.24, 2.45) is 5.41 Å². The number of hydrogen-bond acceptors (Lipinski definition) is 1. The fraction of sp³-hybridized carbons (Fsp3) is 0.571. The molecule has 1 aromatic rings. The largest absolute Gasteiger partial charge is 0.377 e. The molecule has 0 N–H and O–H groups in total. The predicted octanol–water partition coefficient (Wildman–Crippen LogP) is 3.14. The first-order valence-electron chi connectivity index (χ1n) is 5.88. The van der Waals surface area contributed by atoms with E-state index in [1.807, 2.05) is 0 Å². The van der Waals surface area contributed by atoms with E-state index in [1.54, 1.807) is 5.56 Å². The summed E-state index contributed by atoms with van der Waals surface area (Å²) in [4.78, 5) is 0. The zero-order valence-corrected chi connectivity index (χ0v) is 9.49. The summed E-state index contributed by atoms with van der Waals surface area (Å²) in [6, 6.07) is 8.89. The second-order valence-corrected chi connectivity index (χ2v) is 5.55. The first-order chi connectivity index (χ1) is 7.18. The maximum atomic E-state index is 5.93. The van der Waals surface area contributed by atoms with Crippen molar-refractivity contribution < 1.29 is 4.74 Å². The fourth-order valence-corrected chi connectivity index (χ4v) is 3.33. The van der Waals surface area contributed by atoms with Gasteiger partial charge in [0.1, 0.15) is 0 Å². The average molecular weight is 202 g/mol. The van der Waals surface area contributed by atoms with E-state index in [4.69, 9.17) is 4.74 Å². The summed E-state index contributed by atoms with van der Waals surface area (Å²) in [5, 5.41) is 0. The lowest BCUT2D eigenvalue weighted by atomic mass is 9.67. The van der Waals surface area contributed by atoms with Crippen LogP contribution in [0.1, 0.15) is 37.3 Å². The molecule has 15 heavy (non-hydrogen) atoms. The van der Waals surface area contributed by atoms with Gasteiger partial charge in [-0.3, -0.25) is 0 Å². The van der Waals surface area contributed by atoms with Gasteiger partial charge in [-0.05, 0) is 29.4 Å². The molecule has 1 nitrogen and oxygen atoms in total. The molecule has 1 heterocycles. The van der Waals surface area contributed by atoms with Crippen molar-refractivity contribution in [3.05, 3.63) is 35.4 Å². The van der Waals surface area contributed by atoms with E-state index in [-0.39, 0.29) is 0 Å². The Kier molecular flexibility index (Phi) is 1.93. The van der Waals surface area contributed by atoms with Gasteiger partial charge in [0.2, 0.25) is 0 Å². The van der Waals surface area contributed by atoms with Crippen LogP contribution in [0.4, 0.5) is 0 Å². The van der Waals surface area contributed by atoms with E-state index in [1.165, 1.54) is 12.0 Å². The smallest absolute Gasteiger partial charge is 0.0698 e. The van der Waals surface area contributed by atoms with Gasteiger partial charge in [0.25, 0.3) is 0 Å². The average Bonchev–Trinajstić information content (AvgIpc) is 2.66. The molecule has 1 heteroatoms. The van der Waals surface area contributed by atoms with E-state index >= 15 is 0 Å². The number of rotatable bonds is 0. The third kappa shape index (κ3) is 1.33. The minimum atomic E-state index is 0.301. The van der Waals surface area contributed by atoms with Gasteiger partial charge in [0, 0.05) is 12.5 Å². The molecule has 2 aliphatic rings. The van der Waals surface area contributed by atoms with E-state index in [0.29, 0.717) is 17.4 Å². The van der Waals surface area contributed by atoms with Gasteiger partial charge in [-0.15, -0.1) is 0 Å². The zero-order chi connectivity index (χ0) is 10.5.